The highest BCUT2D eigenvalue weighted by molar-refractivity contribution is 6.05. The molecule has 2 aromatic carbocycles. The van der Waals surface area contributed by atoms with E-state index in [0.29, 0.717) is 23.7 Å². The topological polar surface area (TPSA) is 70.2 Å². The lowest BCUT2D eigenvalue weighted by atomic mass is 10.00. The Kier molecular flexibility index (Phi) is 5.56. The molecule has 1 heterocycles. The van der Waals surface area contributed by atoms with Gasteiger partial charge in [0.25, 0.3) is 5.91 Å². The first-order valence-corrected chi connectivity index (χ1v) is 9.06. The highest BCUT2D eigenvalue weighted by Gasteiger charge is 2.26. The molecule has 0 aliphatic carbocycles. The minimum Gasteiger partial charge on any atom is -0.372 e. The summed E-state index contributed by atoms with van der Waals surface area (Å²) in [5.74, 6) is 0.240. The number of anilines is 2. The van der Waals surface area contributed by atoms with Crippen LogP contribution in [0.2, 0.25) is 0 Å². The van der Waals surface area contributed by atoms with Crippen LogP contribution in [0.3, 0.4) is 0 Å². The lowest BCUT2D eigenvalue weighted by Crippen LogP contribution is -2.39. The van der Waals surface area contributed by atoms with Crippen molar-refractivity contribution in [1.82, 2.24) is 5.32 Å². The van der Waals surface area contributed by atoms with Gasteiger partial charge in [-0.15, -0.1) is 0 Å². The Morgan fingerprint density at radius 1 is 1.12 bits per heavy atom. The summed E-state index contributed by atoms with van der Waals surface area (Å²) in [6.07, 6.45) is 1.56. The molecule has 2 aromatic rings. The van der Waals surface area contributed by atoms with Gasteiger partial charge < -0.3 is 16.0 Å². The van der Waals surface area contributed by atoms with Crippen LogP contribution in [0.1, 0.15) is 36.2 Å². The van der Waals surface area contributed by atoms with E-state index in [2.05, 4.69) is 29.8 Å². The summed E-state index contributed by atoms with van der Waals surface area (Å²) in [5, 5.41) is 9.10. The van der Waals surface area contributed by atoms with Crippen LogP contribution >= 0.6 is 0 Å². The molecule has 136 valence electrons. The zero-order chi connectivity index (χ0) is 18.5. The van der Waals surface area contributed by atoms with Gasteiger partial charge in [-0.05, 0) is 42.5 Å². The summed E-state index contributed by atoms with van der Waals surface area (Å²) in [7, 11) is 0. The molecule has 1 aliphatic rings. The molecular formula is C21H25N3O2. The van der Waals surface area contributed by atoms with E-state index in [-0.39, 0.29) is 17.9 Å². The van der Waals surface area contributed by atoms with Crippen molar-refractivity contribution in [1.29, 1.82) is 0 Å². The molecule has 0 radical (unpaired) electrons. The molecule has 5 heteroatoms. The van der Waals surface area contributed by atoms with Gasteiger partial charge in [0.1, 0.15) is 6.04 Å². The molecule has 0 unspecified atom stereocenters. The Labute approximate surface area is 154 Å². The van der Waals surface area contributed by atoms with Crippen LogP contribution in [0.25, 0.3) is 0 Å². The van der Waals surface area contributed by atoms with Gasteiger partial charge in [-0.1, -0.05) is 44.2 Å². The first-order valence-electron chi connectivity index (χ1n) is 9.06. The smallest absolute Gasteiger partial charge is 0.251 e. The van der Waals surface area contributed by atoms with Gasteiger partial charge in [-0.25, -0.2) is 0 Å². The fourth-order valence-electron chi connectivity index (χ4n) is 3.09. The van der Waals surface area contributed by atoms with Gasteiger partial charge in [0.15, 0.2) is 0 Å². The van der Waals surface area contributed by atoms with Gasteiger partial charge in [0.05, 0.1) is 11.4 Å². The number of fused-ring (bicyclic) bond motifs is 1. The van der Waals surface area contributed by atoms with Gasteiger partial charge in [0.2, 0.25) is 5.91 Å². The number of amides is 2. The van der Waals surface area contributed by atoms with Crippen molar-refractivity contribution in [3.8, 4) is 0 Å². The van der Waals surface area contributed by atoms with E-state index >= 15 is 0 Å². The lowest BCUT2D eigenvalue weighted by Gasteiger charge is -2.28. The Balaban J connectivity index is 1.61. The standard InChI is InChI=1S/C21H25N3O2/c1-14(2)12-19-21(26)24-18-13-16(8-9-17(18)23-19)20(25)22-11-10-15-6-4-3-5-7-15/h3-9,13-14,19,23H,10-12H2,1-2H3,(H,22,25)(H,24,26)/t19-/m1/s1. The normalized spacial score (nSPS) is 15.8. The Morgan fingerprint density at radius 3 is 2.62 bits per heavy atom. The molecule has 3 N–H and O–H groups in total. The minimum absolute atomic E-state index is 0.0483. The molecule has 1 aliphatic heterocycles. The molecule has 0 spiro atoms. The van der Waals surface area contributed by atoms with E-state index in [9.17, 15) is 9.59 Å². The molecule has 0 aromatic heterocycles. The first-order chi connectivity index (χ1) is 12.5. The SMILES string of the molecule is CC(C)C[C@H]1Nc2ccc(C(=O)NCCc3ccccc3)cc2NC1=O. The van der Waals surface area contributed by atoms with Gasteiger partial charge in [-0.3, -0.25) is 9.59 Å². The van der Waals surface area contributed by atoms with Crippen LogP contribution in [0.15, 0.2) is 48.5 Å². The van der Waals surface area contributed by atoms with Gasteiger partial charge >= 0.3 is 0 Å². The summed E-state index contributed by atoms with van der Waals surface area (Å²) >= 11 is 0. The molecule has 0 fully saturated rings. The van der Waals surface area contributed by atoms with Crippen LogP contribution in [0.4, 0.5) is 11.4 Å². The number of rotatable bonds is 6. The van der Waals surface area contributed by atoms with Crippen molar-refractivity contribution >= 4 is 23.2 Å². The summed E-state index contributed by atoms with van der Waals surface area (Å²) in [4.78, 5) is 24.6. The number of hydrogen-bond donors (Lipinski definition) is 3. The first kappa shape index (κ1) is 18.0. The lowest BCUT2D eigenvalue weighted by molar-refractivity contribution is -0.117. The average Bonchev–Trinajstić information content (AvgIpc) is 2.62. The van der Waals surface area contributed by atoms with E-state index in [1.807, 2.05) is 36.4 Å². The van der Waals surface area contributed by atoms with Crippen molar-refractivity contribution in [2.24, 2.45) is 5.92 Å². The molecule has 0 saturated carbocycles. The van der Waals surface area contributed by atoms with Crippen LogP contribution in [-0.4, -0.2) is 24.4 Å². The van der Waals surface area contributed by atoms with Crippen molar-refractivity contribution in [3.05, 3.63) is 59.7 Å². The third-order valence-corrected chi connectivity index (χ3v) is 4.44. The van der Waals surface area contributed by atoms with Crippen molar-refractivity contribution in [2.45, 2.75) is 32.7 Å². The zero-order valence-electron chi connectivity index (χ0n) is 15.2. The largest absolute Gasteiger partial charge is 0.372 e. The Morgan fingerprint density at radius 2 is 1.88 bits per heavy atom. The highest BCUT2D eigenvalue weighted by atomic mass is 16.2. The number of carbonyl (C=O) groups excluding carboxylic acids is 2. The van der Waals surface area contributed by atoms with E-state index in [0.717, 1.165) is 18.5 Å². The second kappa shape index (κ2) is 8.04. The van der Waals surface area contributed by atoms with Crippen LogP contribution in [0.5, 0.6) is 0 Å². The van der Waals surface area contributed by atoms with Crippen LogP contribution in [0, 0.1) is 5.92 Å². The fraction of sp³-hybridized carbons (Fsp3) is 0.333. The van der Waals surface area contributed by atoms with E-state index in [4.69, 9.17) is 0 Å². The quantitative estimate of drug-likeness (QED) is 0.747. The predicted molar refractivity (Wildman–Crippen MR) is 104 cm³/mol. The summed E-state index contributed by atoms with van der Waals surface area (Å²) in [5.41, 5.74) is 3.24. The second-order valence-electron chi connectivity index (χ2n) is 7.07. The molecule has 5 nitrogen and oxygen atoms in total. The third-order valence-electron chi connectivity index (χ3n) is 4.44. The summed E-state index contributed by atoms with van der Waals surface area (Å²) < 4.78 is 0. The van der Waals surface area contributed by atoms with E-state index < -0.39 is 0 Å². The maximum Gasteiger partial charge on any atom is 0.251 e. The van der Waals surface area contributed by atoms with Crippen molar-refractivity contribution in [2.75, 3.05) is 17.2 Å². The molecule has 1 atom stereocenters. The second-order valence-corrected chi connectivity index (χ2v) is 7.07. The predicted octanol–water partition coefficient (Wildman–Crippen LogP) is 3.44. The third kappa shape index (κ3) is 4.42. The van der Waals surface area contributed by atoms with E-state index in [1.54, 1.807) is 12.1 Å². The van der Waals surface area contributed by atoms with Crippen LogP contribution in [-0.2, 0) is 11.2 Å². The number of benzene rings is 2. The average molecular weight is 351 g/mol. The molecule has 2 amide bonds. The molecule has 0 saturated heterocycles. The molecule has 3 rings (SSSR count). The van der Waals surface area contributed by atoms with Crippen LogP contribution < -0.4 is 16.0 Å². The number of hydrogen-bond acceptors (Lipinski definition) is 3. The summed E-state index contributed by atoms with van der Waals surface area (Å²) in [6.45, 7) is 4.75. The molecular weight excluding hydrogens is 326 g/mol. The van der Waals surface area contributed by atoms with Gasteiger partial charge in [-0.2, -0.15) is 0 Å². The summed E-state index contributed by atoms with van der Waals surface area (Å²) in [6, 6.07) is 15.2. The van der Waals surface area contributed by atoms with Gasteiger partial charge in [0, 0.05) is 12.1 Å². The number of carbonyl (C=O) groups is 2. The number of nitrogens with one attached hydrogen (secondary N) is 3. The Hall–Kier alpha value is -2.82. The van der Waals surface area contributed by atoms with Crippen molar-refractivity contribution < 1.29 is 9.59 Å². The molecule has 0 bridgehead atoms. The monoisotopic (exact) mass is 351 g/mol. The molecule has 26 heavy (non-hydrogen) atoms. The highest BCUT2D eigenvalue weighted by Crippen LogP contribution is 2.29. The van der Waals surface area contributed by atoms with Crippen molar-refractivity contribution in [3.63, 3.8) is 0 Å². The fourth-order valence-corrected chi connectivity index (χ4v) is 3.09. The maximum absolute atomic E-state index is 12.4. The zero-order valence-corrected chi connectivity index (χ0v) is 15.2. The minimum atomic E-state index is -0.229. The van der Waals surface area contributed by atoms with E-state index in [1.165, 1.54) is 5.56 Å². The maximum atomic E-state index is 12.4. The Bertz CT molecular complexity index is 787.